The number of hydrogen-bond donors (Lipinski definition) is 0. The Hall–Kier alpha value is 0.770. The SMILES string of the molecule is CC1OC1P(=O)(Cl)Cl. The number of ether oxygens (including phenoxy) is 1. The van der Waals surface area contributed by atoms with Gasteiger partial charge in [0.15, 0.2) is 5.85 Å². The van der Waals surface area contributed by atoms with E-state index in [1.807, 2.05) is 0 Å². The lowest BCUT2D eigenvalue weighted by molar-refractivity contribution is 0.408. The molecule has 0 saturated carbocycles. The third kappa shape index (κ3) is 1.38. The predicted octanol–water partition coefficient (Wildman–Crippen LogP) is 2.40. The van der Waals surface area contributed by atoms with Crippen molar-refractivity contribution >= 4 is 28.3 Å². The van der Waals surface area contributed by atoms with Crippen molar-refractivity contribution in [1.29, 1.82) is 0 Å². The van der Waals surface area contributed by atoms with E-state index < -0.39 is 11.7 Å². The first-order valence-corrected chi connectivity index (χ1v) is 5.75. The first kappa shape index (κ1) is 6.88. The molecule has 0 amide bonds. The zero-order valence-electron chi connectivity index (χ0n) is 4.17. The summed E-state index contributed by atoms with van der Waals surface area (Å²) in [6, 6.07) is 0. The van der Waals surface area contributed by atoms with Crippen molar-refractivity contribution in [3.8, 4) is 0 Å². The van der Waals surface area contributed by atoms with Crippen LogP contribution in [0.2, 0.25) is 0 Å². The molecule has 2 atom stereocenters. The summed E-state index contributed by atoms with van der Waals surface area (Å²) in [5.74, 6) is -3.36. The summed E-state index contributed by atoms with van der Waals surface area (Å²) in [4.78, 5) is 0. The summed E-state index contributed by atoms with van der Waals surface area (Å²) in [7, 11) is 0. The number of epoxide rings is 1. The molecule has 1 rings (SSSR count). The maximum absolute atomic E-state index is 10.6. The molecule has 0 aromatic rings. The Morgan fingerprint density at radius 2 is 2.00 bits per heavy atom. The second-order valence-electron chi connectivity index (χ2n) is 1.73. The van der Waals surface area contributed by atoms with Crippen LogP contribution in [0.4, 0.5) is 0 Å². The van der Waals surface area contributed by atoms with Gasteiger partial charge in [-0.05, 0) is 29.4 Å². The highest BCUT2D eigenvalue weighted by Crippen LogP contribution is 2.67. The zero-order chi connectivity index (χ0) is 6.36. The smallest absolute Gasteiger partial charge is 0.283 e. The molecule has 0 aromatic carbocycles. The molecule has 48 valence electrons. The van der Waals surface area contributed by atoms with Gasteiger partial charge in [0.25, 0.3) is 5.85 Å². The fraction of sp³-hybridized carbons (Fsp3) is 1.00. The molecule has 1 saturated heterocycles. The zero-order valence-corrected chi connectivity index (χ0v) is 6.58. The van der Waals surface area contributed by atoms with Gasteiger partial charge < -0.3 is 4.74 Å². The predicted molar refractivity (Wildman–Crippen MR) is 33.6 cm³/mol. The van der Waals surface area contributed by atoms with E-state index in [0.29, 0.717) is 0 Å². The van der Waals surface area contributed by atoms with Gasteiger partial charge in [0.2, 0.25) is 0 Å². The van der Waals surface area contributed by atoms with Gasteiger partial charge in [0.1, 0.15) is 0 Å². The van der Waals surface area contributed by atoms with Gasteiger partial charge in [0.05, 0.1) is 6.10 Å². The van der Waals surface area contributed by atoms with E-state index in [2.05, 4.69) is 0 Å². The van der Waals surface area contributed by atoms with Crippen LogP contribution in [0.25, 0.3) is 0 Å². The van der Waals surface area contributed by atoms with Crippen molar-refractivity contribution in [3.63, 3.8) is 0 Å². The quantitative estimate of drug-likeness (QED) is 0.452. The molecule has 2 nitrogen and oxygen atoms in total. The van der Waals surface area contributed by atoms with Crippen molar-refractivity contribution in [1.82, 2.24) is 0 Å². The molecule has 0 N–H and O–H groups in total. The first-order valence-electron chi connectivity index (χ1n) is 2.16. The Balaban J connectivity index is 2.52. The van der Waals surface area contributed by atoms with Crippen molar-refractivity contribution in [2.75, 3.05) is 0 Å². The lowest BCUT2D eigenvalue weighted by atomic mass is 10.6. The maximum Gasteiger partial charge on any atom is 0.283 e. The average Bonchev–Trinajstić information content (AvgIpc) is 2.13. The van der Waals surface area contributed by atoms with Gasteiger partial charge >= 0.3 is 0 Å². The molecule has 8 heavy (non-hydrogen) atoms. The van der Waals surface area contributed by atoms with E-state index in [-0.39, 0.29) is 6.10 Å². The van der Waals surface area contributed by atoms with Gasteiger partial charge in [0, 0.05) is 0 Å². The van der Waals surface area contributed by atoms with E-state index in [1.165, 1.54) is 0 Å². The lowest BCUT2D eigenvalue weighted by Gasteiger charge is -1.90. The molecule has 1 fully saturated rings. The number of rotatable bonds is 1. The van der Waals surface area contributed by atoms with E-state index >= 15 is 0 Å². The summed E-state index contributed by atoms with van der Waals surface area (Å²) < 4.78 is 15.3. The van der Waals surface area contributed by atoms with Gasteiger partial charge in [-0.1, -0.05) is 0 Å². The van der Waals surface area contributed by atoms with E-state index in [1.54, 1.807) is 6.92 Å². The Morgan fingerprint density at radius 3 is 2.00 bits per heavy atom. The van der Waals surface area contributed by atoms with Crippen molar-refractivity contribution < 1.29 is 9.30 Å². The Labute approximate surface area is 57.1 Å². The highest BCUT2D eigenvalue weighted by atomic mass is 35.9. The maximum atomic E-state index is 10.6. The Bertz CT molecular complexity index is 142. The van der Waals surface area contributed by atoms with Crippen LogP contribution in [0.5, 0.6) is 0 Å². The fourth-order valence-corrected chi connectivity index (χ4v) is 2.54. The molecule has 0 aromatic heterocycles. The van der Waals surface area contributed by atoms with Gasteiger partial charge in [-0.15, -0.1) is 0 Å². The molecule has 0 bridgehead atoms. The number of hydrogen-bond acceptors (Lipinski definition) is 2. The third-order valence-corrected chi connectivity index (χ3v) is 3.26. The summed E-state index contributed by atoms with van der Waals surface area (Å²) in [6.07, 6.45) is -0.0177. The number of halogens is 2. The Morgan fingerprint density at radius 1 is 1.62 bits per heavy atom. The second kappa shape index (κ2) is 1.88. The highest BCUT2D eigenvalue weighted by Gasteiger charge is 2.47. The van der Waals surface area contributed by atoms with Crippen LogP contribution in [-0.2, 0) is 9.30 Å². The molecular weight excluding hydrogens is 170 g/mol. The summed E-state index contributed by atoms with van der Waals surface area (Å²) in [6.45, 7) is 1.78. The average molecular weight is 175 g/mol. The van der Waals surface area contributed by atoms with Gasteiger partial charge in [-0.2, -0.15) is 0 Å². The molecule has 0 spiro atoms. The van der Waals surface area contributed by atoms with Crippen LogP contribution in [0.1, 0.15) is 6.92 Å². The second-order valence-corrected chi connectivity index (χ2v) is 6.78. The summed E-state index contributed by atoms with van der Waals surface area (Å²) in [5.41, 5.74) is 0. The fourth-order valence-electron chi connectivity index (χ4n) is 0.490. The molecule has 5 heteroatoms. The van der Waals surface area contributed by atoms with E-state index in [0.717, 1.165) is 0 Å². The largest absolute Gasteiger partial charge is 0.359 e. The highest BCUT2D eigenvalue weighted by molar-refractivity contribution is 8.09. The lowest BCUT2D eigenvalue weighted by Crippen LogP contribution is -1.79. The molecule has 0 radical (unpaired) electrons. The van der Waals surface area contributed by atoms with Crippen LogP contribution in [0.15, 0.2) is 0 Å². The van der Waals surface area contributed by atoms with Crippen molar-refractivity contribution in [3.05, 3.63) is 0 Å². The van der Waals surface area contributed by atoms with Crippen LogP contribution < -0.4 is 0 Å². The monoisotopic (exact) mass is 174 g/mol. The summed E-state index contributed by atoms with van der Waals surface area (Å²) in [5, 5.41) is 0. The van der Waals surface area contributed by atoms with Crippen LogP contribution >= 0.6 is 28.3 Å². The molecule has 1 heterocycles. The standard InChI is InChI=1S/C3H5Cl2O2P/c1-2-3(7-2)8(4,5)6/h2-3H,1H3. The molecule has 1 aliphatic heterocycles. The van der Waals surface area contributed by atoms with Crippen LogP contribution in [0, 0.1) is 0 Å². The van der Waals surface area contributed by atoms with E-state index in [9.17, 15) is 4.57 Å². The third-order valence-electron chi connectivity index (χ3n) is 0.975. The first-order chi connectivity index (χ1) is 3.52. The van der Waals surface area contributed by atoms with Crippen LogP contribution in [0.3, 0.4) is 0 Å². The normalized spacial score (nSPS) is 37.4. The topological polar surface area (TPSA) is 29.6 Å². The summed E-state index contributed by atoms with van der Waals surface area (Å²) >= 11 is 10.4. The minimum absolute atomic E-state index is 0.0177. The molecular formula is C3H5Cl2O2P. The van der Waals surface area contributed by atoms with Crippen molar-refractivity contribution in [2.45, 2.75) is 18.9 Å². The van der Waals surface area contributed by atoms with Gasteiger partial charge in [-0.3, -0.25) is 4.57 Å². The van der Waals surface area contributed by atoms with Crippen LogP contribution in [-0.4, -0.2) is 11.9 Å². The minimum Gasteiger partial charge on any atom is -0.359 e. The Kier molecular flexibility index (Phi) is 1.62. The van der Waals surface area contributed by atoms with Crippen molar-refractivity contribution in [2.24, 2.45) is 0 Å². The minimum atomic E-state index is -2.96. The van der Waals surface area contributed by atoms with Gasteiger partial charge in [-0.25, -0.2) is 0 Å². The van der Waals surface area contributed by atoms with E-state index in [4.69, 9.17) is 27.2 Å². The molecule has 1 aliphatic rings. The molecule has 2 unspecified atom stereocenters. The molecule has 0 aliphatic carbocycles.